The van der Waals surface area contributed by atoms with E-state index in [1.54, 1.807) is 0 Å². The Morgan fingerprint density at radius 2 is 2.19 bits per heavy atom. The molecule has 0 aliphatic carbocycles. The van der Waals surface area contributed by atoms with E-state index >= 15 is 0 Å². The second kappa shape index (κ2) is 6.58. The highest BCUT2D eigenvalue weighted by Crippen LogP contribution is 2.26. The molecule has 0 saturated carbocycles. The van der Waals surface area contributed by atoms with Crippen LogP contribution in [0.25, 0.3) is 0 Å². The largest absolute Gasteiger partial charge is 0.394 e. The van der Waals surface area contributed by atoms with Gasteiger partial charge in [-0.2, -0.15) is 0 Å². The second-order valence-electron chi connectivity index (χ2n) is 6.32. The van der Waals surface area contributed by atoms with Gasteiger partial charge in [0.15, 0.2) is 0 Å². The SMILES string of the molecule is CCNc1cc(N2CCOCC2CO)nc(C(C)(C)C)n1. The summed E-state index contributed by atoms with van der Waals surface area (Å²) in [6.07, 6.45) is 0. The van der Waals surface area contributed by atoms with Gasteiger partial charge in [-0.15, -0.1) is 0 Å². The van der Waals surface area contributed by atoms with Gasteiger partial charge in [0.05, 0.1) is 25.9 Å². The van der Waals surface area contributed by atoms with E-state index in [9.17, 15) is 5.11 Å². The van der Waals surface area contributed by atoms with Crippen molar-refractivity contribution in [3.8, 4) is 0 Å². The minimum Gasteiger partial charge on any atom is -0.394 e. The van der Waals surface area contributed by atoms with Gasteiger partial charge >= 0.3 is 0 Å². The van der Waals surface area contributed by atoms with Crippen molar-refractivity contribution < 1.29 is 9.84 Å². The molecule has 118 valence electrons. The van der Waals surface area contributed by atoms with Crippen molar-refractivity contribution in [2.75, 3.05) is 43.1 Å². The summed E-state index contributed by atoms with van der Waals surface area (Å²) in [6.45, 7) is 11.1. The first kappa shape index (κ1) is 16.0. The first-order valence-electron chi connectivity index (χ1n) is 7.54. The van der Waals surface area contributed by atoms with E-state index in [1.165, 1.54) is 0 Å². The van der Waals surface area contributed by atoms with E-state index in [0.717, 1.165) is 30.5 Å². The molecule has 0 aromatic carbocycles. The fourth-order valence-corrected chi connectivity index (χ4v) is 2.30. The summed E-state index contributed by atoms with van der Waals surface area (Å²) in [4.78, 5) is 11.4. The van der Waals surface area contributed by atoms with Gasteiger partial charge in [0.1, 0.15) is 17.5 Å². The van der Waals surface area contributed by atoms with Crippen molar-refractivity contribution in [1.82, 2.24) is 9.97 Å². The fourth-order valence-electron chi connectivity index (χ4n) is 2.30. The number of nitrogens with zero attached hydrogens (tertiary/aromatic N) is 3. The maximum atomic E-state index is 9.54. The summed E-state index contributed by atoms with van der Waals surface area (Å²) < 4.78 is 5.44. The Morgan fingerprint density at radius 1 is 1.43 bits per heavy atom. The van der Waals surface area contributed by atoms with Gasteiger partial charge in [-0.25, -0.2) is 9.97 Å². The quantitative estimate of drug-likeness (QED) is 0.875. The number of rotatable bonds is 4. The summed E-state index contributed by atoms with van der Waals surface area (Å²) in [6, 6.07) is 1.91. The molecule has 1 aromatic heterocycles. The van der Waals surface area contributed by atoms with Crippen LogP contribution in [0, 0.1) is 0 Å². The van der Waals surface area contributed by atoms with Gasteiger partial charge in [-0.05, 0) is 6.92 Å². The van der Waals surface area contributed by atoms with Crippen LogP contribution in [0.1, 0.15) is 33.5 Å². The summed E-state index contributed by atoms with van der Waals surface area (Å²) in [7, 11) is 0. The lowest BCUT2D eigenvalue weighted by atomic mass is 9.95. The van der Waals surface area contributed by atoms with E-state index in [0.29, 0.717) is 13.2 Å². The Bertz CT molecular complexity index is 473. The van der Waals surface area contributed by atoms with Crippen molar-refractivity contribution in [1.29, 1.82) is 0 Å². The number of hydrogen-bond acceptors (Lipinski definition) is 6. The van der Waals surface area contributed by atoms with Crippen LogP contribution < -0.4 is 10.2 Å². The van der Waals surface area contributed by atoms with Crippen molar-refractivity contribution in [3.05, 3.63) is 11.9 Å². The molecule has 1 saturated heterocycles. The number of nitrogens with one attached hydrogen (secondary N) is 1. The molecule has 2 rings (SSSR count). The van der Waals surface area contributed by atoms with Gasteiger partial charge in [0, 0.05) is 24.6 Å². The van der Waals surface area contributed by atoms with Crippen molar-refractivity contribution >= 4 is 11.6 Å². The van der Waals surface area contributed by atoms with Gasteiger partial charge in [0.2, 0.25) is 0 Å². The van der Waals surface area contributed by atoms with Crippen LogP contribution in [0.2, 0.25) is 0 Å². The van der Waals surface area contributed by atoms with Crippen LogP contribution in [-0.4, -0.2) is 54.0 Å². The molecule has 0 bridgehead atoms. The number of aliphatic hydroxyl groups is 1. The lowest BCUT2D eigenvalue weighted by Gasteiger charge is -2.36. The van der Waals surface area contributed by atoms with E-state index in [1.807, 2.05) is 13.0 Å². The van der Waals surface area contributed by atoms with E-state index < -0.39 is 0 Å². The molecule has 1 atom stereocenters. The zero-order chi connectivity index (χ0) is 15.5. The third-order valence-corrected chi connectivity index (χ3v) is 3.47. The molecular weight excluding hydrogens is 268 g/mol. The Balaban J connectivity index is 2.38. The Morgan fingerprint density at radius 3 is 2.81 bits per heavy atom. The van der Waals surface area contributed by atoms with E-state index in [2.05, 4.69) is 36.0 Å². The number of morpholine rings is 1. The monoisotopic (exact) mass is 294 g/mol. The minimum atomic E-state index is -0.124. The number of aromatic nitrogens is 2. The zero-order valence-corrected chi connectivity index (χ0v) is 13.4. The molecule has 21 heavy (non-hydrogen) atoms. The van der Waals surface area contributed by atoms with E-state index in [-0.39, 0.29) is 18.1 Å². The smallest absolute Gasteiger partial charge is 0.138 e. The summed E-state index contributed by atoms with van der Waals surface area (Å²) in [5, 5.41) is 12.8. The lowest BCUT2D eigenvalue weighted by Crippen LogP contribution is -2.48. The molecule has 0 radical (unpaired) electrons. The molecular formula is C15H26N4O2. The summed E-state index contributed by atoms with van der Waals surface area (Å²) >= 11 is 0. The number of ether oxygens (including phenoxy) is 1. The third kappa shape index (κ3) is 3.83. The standard InChI is InChI=1S/C15H26N4O2/c1-5-16-12-8-13(18-14(17-12)15(2,3)4)19-6-7-21-10-11(19)9-20/h8,11,20H,5-7,9-10H2,1-4H3,(H,16,17,18). The molecule has 0 spiro atoms. The molecule has 6 heteroatoms. The predicted octanol–water partition coefficient (Wildman–Crippen LogP) is 1.40. The summed E-state index contributed by atoms with van der Waals surface area (Å²) in [5.74, 6) is 2.49. The van der Waals surface area contributed by atoms with Gasteiger partial charge in [-0.1, -0.05) is 20.8 Å². The van der Waals surface area contributed by atoms with Crippen LogP contribution in [-0.2, 0) is 10.2 Å². The Kier molecular flexibility index (Phi) is 5.00. The highest BCUT2D eigenvalue weighted by atomic mass is 16.5. The molecule has 2 N–H and O–H groups in total. The maximum Gasteiger partial charge on any atom is 0.138 e. The highest BCUT2D eigenvalue weighted by molar-refractivity contribution is 5.51. The molecule has 6 nitrogen and oxygen atoms in total. The van der Waals surface area contributed by atoms with Gasteiger partial charge < -0.3 is 20.1 Å². The average molecular weight is 294 g/mol. The first-order valence-corrected chi connectivity index (χ1v) is 7.54. The predicted molar refractivity (Wildman–Crippen MR) is 83.9 cm³/mol. The van der Waals surface area contributed by atoms with Crippen LogP contribution in [0.5, 0.6) is 0 Å². The summed E-state index contributed by atoms with van der Waals surface area (Å²) in [5.41, 5.74) is -0.124. The Hall–Kier alpha value is -1.40. The van der Waals surface area contributed by atoms with Crippen LogP contribution in [0.4, 0.5) is 11.6 Å². The molecule has 2 heterocycles. The van der Waals surface area contributed by atoms with Crippen LogP contribution in [0.3, 0.4) is 0 Å². The van der Waals surface area contributed by atoms with Gasteiger partial charge in [-0.3, -0.25) is 0 Å². The molecule has 1 fully saturated rings. The Labute approximate surface area is 126 Å². The molecule has 1 unspecified atom stereocenters. The normalized spacial score (nSPS) is 19.7. The fraction of sp³-hybridized carbons (Fsp3) is 0.733. The van der Waals surface area contributed by atoms with Crippen LogP contribution >= 0.6 is 0 Å². The lowest BCUT2D eigenvalue weighted by molar-refractivity contribution is 0.0722. The maximum absolute atomic E-state index is 9.54. The van der Waals surface area contributed by atoms with E-state index in [4.69, 9.17) is 9.72 Å². The molecule has 0 amide bonds. The molecule has 1 aliphatic heterocycles. The highest BCUT2D eigenvalue weighted by Gasteiger charge is 2.26. The number of aliphatic hydroxyl groups excluding tert-OH is 1. The molecule has 1 aromatic rings. The topological polar surface area (TPSA) is 70.5 Å². The zero-order valence-electron chi connectivity index (χ0n) is 13.4. The first-order chi connectivity index (χ1) is 9.95. The van der Waals surface area contributed by atoms with Gasteiger partial charge in [0.25, 0.3) is 0 Å². The van der Waals surface area contributed by atoms with Crippen LogP contribution in [0.15, 0.2) is 6.07 Å². The van der Waals surface area contributed by atoms with Crippen molar-refractivity contribution in [2.45, 2.75) is 39.2 Å². The average Bonchev–Trinajstić information content (AvgIpc) is 2.46. The van der Waals surface area contributed by atoms with Crippen molar-refractivity contribution in [2.24, 2.45) is 0 Å². The van der Waals surface area contributed by atoms with Crippen molar-refractivity contribution in [3.63, 3.8) is 0 Å². The minimum absolute atomic E-state index is 0.0454. The third-order valence-electron chi connectivity index (χ3n) is 3.47. The molecule has 1 aliphatic rings. The number of hydrogen-bond donors (Lipinski definition) is 2. The number of anilines is 2. The second-order valence-corrected chi connectivity index (χ2v) is 6.32.